The van der Waals surface area contributed by atoms with Crippen molar-refractivity contribution in [3.63, 3.8) is 0 Å². The van der Waals surface area contributed by atoms with Gasteiger partial charge in [0.1, 0.15) is 17.0 Å². The summed E-state index contributed by atoms with van der Waals surface area (Å²) in [5, 5.41) is 4.76. The summed E-state index contributed by atoms with van der Waals surface area (Å²) < 4.78 is 11.0. The molecule has 1 aliphatic rings. The number of methoxy groups -OCH3 is 2. The molecule has 0 unspecified atom stereocenters. The van der Waals surface area contributed by atoms with Gasteiger partial charge in [0, 0.05) is 18.8 Å². The van der Waals surface area contributed by atoms with Crippen LogP contribution in [0.5, 0.6) is 11.5 Å². The molecule has 0 aliphatic heterocycles. The van der Waals surface area contributed by atoms with Crippen LogP contribution in [0.25, 0.3) is 10.9 Å². The molecule has 0 fully saturated rings. The van der Waals surface area contributed by atoms with E-state index < -0.39 is 0 Å². The summed E-state index contributed by atoms with van der Waals surface area (Å²) in [6.07, 6.45) is 4.41. The molecule has 0 bridgehead atoms. The molecule has 3 rings (SSSR count). The van der Waals surface area contributed by atoms with Crippen LogP contribution in [0.4, 0.5) is 5.69 Å². The van der Waals surface area contributed by atoms with Gasteiger partial charge in [-0.2, -0.15) is 0 Å². The molecule has 0 saturated heterocycles. The average Bonchev–Trinajstić information content (AvgIpc) is 2.52. The van der Waals surface area contributed by atoms with Crippen LogP contribution in [0.15, 0.2) is 6.07 Å². The lowest BCUT2D eigenvalue weighted by Crippen LogP contribution is -2.10. The van der Waals surface area contributed by atoms with Gasteiger partial charge in [0.25, 0.3) is 0 Å². The SMILES string of the molecule is CNc1c2c(nc3c(OC)cc(Cl)c(OC)c13)CCCC2. The Balaban J connectivity index is 2.46. The Hall–Kier alpha value is -1.68. The molecule has 112 valence electrons. The van der Waals surface area contributed by atoms with Crippen molar-refractivity contribution >= 4 is 28.2 Å². The molecule has 1 aliphatic carbocycles. The van der Waals surface area contributed by atoms with Gasteiger partial charge in [-0.1, -0.05) is 11.6 Å². The molecule has 21 heavy (non-hydrogen) atoms. The minimum absolute atomic E-state index is 0.538. The summed E-state index contributed by atoms with van der Waals surface area (Å²) in [6.45, 7) is 0. The quantitative estimate of drug-likeness (QED) is 0.936. The molecule has 1 aromatic heterocycles. The van der Waals surface area contributed by atoms with E-state index in [0.717, 1.165) is 35.1 Å². The molecule has 0 amide bonds. The highest BCUT2D eigenvalue weighted by molar-refractivity contribution is 6.34. The number of nitrogens with one attached hydrogen (secondary N) is 1. The van der Waals surface area contributed by atoms with Crippen LogP contribution in [0.1, 0.15) is 24.1 Å². The highest BCUT2D eigenvalue weighted by Gasteiger charge is 2.23. The number of aryl methyl sites for hydroxylation is 1. The first-order chi connectivity index (χ1) is 10.2. The van der Waals surface area contributed by atoms with Gasteiger partial charge < -0.3 is 14.8 Å². The predicted molar refractivity (Wildman–Crippen MR) is 86.0 cm³/mol. The molecule has 0 atom stereocenters. The largest absolute Gasteiger partial charge is 0.494 e. The molecule has 1 aromatic carbocycles. The van der Waals surface area contributed by atoms with E-state index >= 15 is 0 Å². The van der Waals surface area contributed by atoms with E-state index in [1.54, 1.807) is 20.3 Å². The Morgan fingerprint density at radius 1 is 1.19 bits per heavy atom. The molecule has 1 N–H and O–H groups in total. The lowest BCUT2D eigenvalue weighted by Gasteiger charge is -2.22. The number of aromatic nitrogens is 1. The van der Waals surface area contributed by atoms with Gasteiger partial charge in [0.05, 0.1) is 30.3 Å². The lowest BCUT2D eigenvalue weighted by molar-refractivity contribution is 0.410. The number of pyridine rings is 1. The number of rotatable bonds is 3. The first-order valence-electron chi connectivity index (χ1n) is 7.15. The van der Waals surface area contributed by atoms with Crippen molar-refractivity contribution in [1.82, 2.24) is 4.98 Å². The lowest BCUT2D eigenvalue weighted by atomic mass is 9.92. The van der Waals surface area contributed by atoms with Crippen molar-refractivity contribution < 1.29 is 9.47 Å². The van der Waals surface area contributed by atoms with Gasteiger partial charge in [0.15, 0.2) is 0 Å². The molecule has 0 spiro atoms. The highest BCUT2D eigenvalue weighted by atomic mass is 35.5. The normalized spacial score (nSPS) is 13.9. The van der Waals surface area contributed by atoms with E-state index in [1.165, 1.54) is 18.4 Å². The number of benzene rings is 1. The smallest absolute Gasteiger partial charge is 0.149 e. The van der Waals surface area contributed by atoms with Crippen molar-refractivity contribution in [1.29, 1.82) is 0 Å². The van der Waals surface area contributed by atoms with Gasteiger partial charge in [0.2, 0.25) is 0 Å². The highest BCUT2D eigenvalue weighted by Crippen LogP contribution is 2.45. The monoisotopic (exact) mass is 306 g/mol. The molecule has 2 aromatic rings. The molecular formula is C16H19ClN2O2. The topological polar surface area (TPSA) is 43.4 Å². The molecule has 5 heteroatoms. The van der Waals surface area contributed by atoms with E-state index in [9.17, 15) is 0 Å². The number of fused-ring (bicyclic) bond motifs is 2. The summed E-state index contributed by atoms with van der Waals surface area (Å²) in [6, 6.07) is 1.77. The maximum Gasteiger partial charge on any atom is 0.149 e. The second-order valence-electron chi connectivity index (χ2n) is 5.19. The fourth-order valence-corrected chi connectivity index (χ4v) is 3.41. The Labute approximate surface area is 129 Å². The number of ether oxygens (including phenoxy) is 2. The summed E-state index contributed by atoms with van der Waals surface area (Å²) in [5.41, 5.74) is 4.30. The second kappa shape index (κ2) is 5.60. The van der Waals surface area contributed by atoms with Crippen molar-refractivity contribution in [2.45, 2.75) is 25.7 Å². The van der Waals surface area contributed by atoms with Gasteiger partial charge in [-0.15, -0.1) is 0 Å². The molecule has 1 heterocycles. The van der Waals surface area contributed by atoms with Gasteiger partial charge >= 0.3 is 0 Å². The number of hydrogen-bond donors (Lipinski definition) is 1. The molecule has 0 saturated carbocycles. The van der Waals surface area contributed by atoms with Crippen molar-refractivity contribution in [3.8, 4) is 11.5 Å². The minimum Gasteiger partial charge on any atom is -0.494 e. The van der Waals surface area contributed by atoms with Crippen LogP contribution in [-0.4, -0.2) is 26.3 Å². The molecule has 0 radical (unpaired) electrons. The third-order valence-corrected chi connectivity index (χ3v) is 4.36. The zero-order valence-corrected chi connectivity index (χ0v) is 13.3. The summed E-state index contributed by atoms with van der Waals surface area (Å²) in [4.78, 5) is 4.84. The minimum atomic E-state index is 0.538. The number of nitrogens with zero attached hydrogens (tertiary/aromatic N) is 1. The van der Waals surface area contributed by atoms with Crippen LogP contribution in [0.3, 0.4) is 0 Å². The van der Waals surface area contributed by atoms with Crippen LogP contribution < -0.4 is 14.8 Å². The van der Waals surface area contributed by atoms with Crippen LogP contribution in [0.2, 0.25) is 5.02 Å². The summed E-state index contributed by atoms with van der Waals surface area (Å²) in [5.74, 6) is 1.33. The number of anilines is 1. The van der Waals surface area contributed by atoms with Crippen LogP contribution in [-0.2, 0) is 12.8 Å². The summed E-state index contributed by atoms with van der Waals surface area (Å²) >= 11 is 6.34. The Bertz CT molecular complexity index is 701. The van der Waals surface area contributed by atoms with Crippen LogP contribution in [0, 0.1) is 0 Å². The zero-order valence-electron chi connectivity index (χ0n) is 12.5. The fourth-order valence-electron chi connectivity index (χ4n) is 3.14. The number of hydrogen-bond acceptors (Lipinski definition) is 4. The average molecular weight is 307 g/mol. The Morgan fingerprint density at radius 2 is 1.95 bits per heavy atom. The van der Waals surface area contributed by atoms with Crippen LogP contribution >= 0.6 is 11.6 Å². The third kappa shape index (κ3) is 2.18. The first-order valence-corrected chi connectivity index (χ1v) is 7.52. The standard InChI is InChI=1S/C16H19ClN2O2/c1-18-14-9-6-4-5-7-11(9)19-15-12(20-2)8-10(17)16(21-3)13(14)15/h8H,4-7H2,1-3H3,(H,18,19). The van der Waals surface area contributed by atoms with Crippen molar-refractivity contribution in [3.05, 3.63) is 22.3 Å². The third-order valence-electron chi connectivity index (χ3n) is 4.08. The van der Waals surface area contributed by atoms with Gasteiger partial charge in [-0.25, -0.2) is 4.98 Å². The number of halogens is 1. The molecular weight excluding hydrogens is 288 g/mol. The molecule has 4 nitrogen and oxygen atoms in total. The predicted octanol–water partition coefficient (Wildman–Crippen LogP) is 3.83. The summed E-state index contributed by atoms with van der Waals surface area (Å²) in [7, 11) is 5.19. The van der Waals surface area contributed by atoms with Crippen molar-refractivity contribution in [2.75, 3.05) is 26.6 Å². The van der Waals surface area contributed by atoms with E-state index in [0.29, 0.717) is 16.5 Å². The van der Waals surface area contributed by atoms with Crippen molar-refractivity contribution in [2.24, 2.45) is 0 Å². The second-order valence-corrected chi connectivity index (χ2v) is 5.59. The van der Waals surface area contributed by atoms with E-state index in [-0.39, 0.29) is 0 Å². The maximum absolute atomic E-state index is 6.34. The Morgan fingerprint density at radius 3 is 2.62 bits per heavy atom. The first kappa shape index (κ1) is 14.3. The fraction of sp³-hybridized carbons (Fsp3) is 0.438. The zero-order chi connectivity index (χ0) is 15.0. The van der Waals surface area contributed by atoms with Gasteiger partial charge in [-0.3, -0.25) is 0 Å². The van der Waals surface area contributed by atoms with E-state index in [1.807, 2.05) is 7.05 Å². The van der Waals surface area contributed by atoms with Gasteiger partial charge in [-0.05, 0) is 31.2 Å². The van der Waals surface area contributed by atoms with E-state index in [4.69, 9.17) is 26.1 Å². The Kier molecular flexibility index (Phi) is 3.81. The van der Waals surface area contributed by atoms with E-state index in [2.05, 4.69) is 5.32 Å². The maximum atomic E-state index is 6.34.